The summed E-state index contributed by atoms with van der Waals surface area (Å²) >= 11 is 0. The van der Waals surface area contributed by atoms with E-state index in [0.29, 0.717) is 5.56 Å². The summed E-state index contributed by atoms with van der Waals surface area (Å²) in [6, 6.07) is 19.5. The Bertz CT molecular complexity index is 1170. The number of carbonyl (C=O) groups excluding carboxylic acids is 1. The Morgan fingerprint density at radius 1 is 0.967 bits per heavy atom. The molecule has 0 aliphatic heterocycles. The van der Waals surface area contributed by atoms with Crippen LogP contribution >= 0.6 is 0 Å². The maximum Gasteiger partial charge on any atom is 0.325 e. The lowest BCUT2D eigenvalue weighted by atomic mass is 10.1. The number of nitrogens with zero attached hydrogens (tertiary/aromatic N) is 4. The molecule has 0 atom stereocenters. The molecule has 30 heavy (non-hydrogen) atoms. The molecule has 0 bridgehead atoms. The van der Waals surface area contributed by atoms with Gasteiger partial charge < -0.3 is 10.4 Å². The van der Waals surface area contributed by atoms with Crippen LogP contribution in [0, 0.1) is 0 Å². The third-order valence-electron chi connectivity index (χ3n) is 4.49. The van der Waals surface area contributed by atoms with E-state index in [2.05, 4.69) is 10.4 Å². The Kier molecular flexibility index (Phi) is 5.38. The van der Waals surface area contributed by atoms with Gasteiger partial charge in [-0.25, -0.2) is 4.68 Å². The van der Waals surface area contributed by atoms with Crippen LogP contribution in [-0.2, 0) is 17.9 Å². The topological polar surface area (TPSA) is 102 Å². The number of benzene rings is 2. The average Bonchev–Trinajstić information content (AvgIpc) is 3.40. The van der Waals surface area contributed by atoms with E-state index in [1.54, 1.807) is 4.68 Å². The quantitative estimate of drug-likeness (QED) is 0.496. The molecule has 2 aromatic heterocycles. The highest BCUT2D eigenvalue weighted by atomic mass is 16.4. The van der Waals surface area contributed by atoms with Gasteiger partial charge in [-0.3, -0.25) is 14.3 Å². The van der Waals surface area contributed by atoms with Crippen LogP contribution in [0.3, 0.4) is 0 Å². The fraction of sp³-hybridized carbons (Fsp3) is 0.0909. The monoisotopic (exact) mass is 401 g/mol. The first-order valence-electron chi connectivity index (χ1n) is 9.32. The van der Waals surface area contributed by atoms with Gasteiger partial charge in [-0.05, 0) is 12.1 Å². The standard InChI is InChI=1S/C22H19N5O3/c28-20(29)15-26-13-18(12-24-26)22(30)23-11-17-14-27(19-9-5-2-6-10-19)25-21(17)16-7-3-1-4-8-16/h1-10,12-14H,11,15H2,(H,23,30)(H,28,29). The van der Waals surface area contributed by atoms with Gasteiger partial charge in [0.15, 0.2) is 0 Å². The summed E-state index contributed by atoms with van der Waals surface area (Å²) in [4.78, 5) is 23.3. The van der Waals surface area contributed by atoms with E-state index in [4.69, 9.17) is 10.2 Å². The third-order valence-corrected chi connectivity index (χ3v) is 4.49. The molecule has 0 fully saturated rings. The van der Waals surface area contributed by atoms with E-state index in [1.807, 2.05) is 66.9 Å². The summed E-state index contributed by atoms with van der Waals surface area (Å²) < 4.78 is 2.99. The zero-order valence-electron chi connectivity index (χ0n) is 16.0. The Morgan fingerprint density at radius 3 is 2.37 bits per heavy atom. The minimum Gasteiger partial charge on any atom is -0.480 e. The molecule has 1 amide bonds. The largest absolute Gasteiger partial charge is 0.480 e. The molecule has 150 valence electrons. The van der Waals surface area contributed by atoms with Gasteiger partial charge in [0, 0.05) is 30.1 Å². The molecule has 0 unspecified atom stereocenters. The van der Waals surface area contributed by atoms with Gasteiger partial charge in [0.2, 0.25) is 0 Å². The van der Waals surface area contributed by atoms with E-state index >= 15 is 0 Å². The molecule has 4 aromatic rings. The zero-order valence-corrected chi connectivity index (χ0v) is 16.0. The molecule has 0 saturated carbocycles. The Labute approximate surface area is 172 Å². The number of aliphatic carboxylic acids is 1. The van der Waals surface area contributed by atoms with Crippen molar-refractivity contribution in [3.05, 3.63) is 90.4 Å². The van der Waals surface area contributed by atoms with Crippen molar-refractivity contribution in [1.82, 2.24) is 24.9 Å². The van der Waals surface area contributed by atoms with E-state index in [-0.39, 0.29) is 19.0 Å². The predicted molar refractivity (Wildman–Crippen MR) is 110 cm³/mol. The Hall–Kier alpha value is -4.20. The number of carboxylic acid groups (broad SMARTS) is 1. The molecule has 0 aliphatic rings. The maximum atomic E-state index is 12.5. The molecule has 8 nitrogen and oxygen atoms in total. The van der Waals surface area contributed by atoms with Crippen LogP contribution in [-0.4, -0.2) is 36.5 Å². The molecule has 0 radical (unpaired) electrons. The molecule has 8 heteroatoms. The van der Waals surface area contributed by atoms with E-state index in [9.17, 15) is 9.59 Å². The second-order valence-corrected chi connectivity index (χ2v) is 6.65. The first kappa shape index (κ1) is 19.1. The van der Waals surface area contributed by atoms with Crippen molar-refractivity contribution in [2.45, 2.75) is 13.1 Å². The van der Waals surface area contributed by atoms with Crippen LogP contribution in [0.5, 0.6) is 0 Å². The zero-order chi connectivity index (χ0) is 20.9. The normalized spacial score (nSPS) is 10.7. The summed E-state index contributed by atoms with van der Waals surface area (Å²) in [5.74, 6) is -1.36. The number of para-hydroxylation sites is 1. The van der Waals surface area contributed by atoms with Crippen molar-refractivity contribution < 1.29 is 14.7 Å². The first-order chi connectivity index (χ1) is 14.6. The highest BCUT2D eigenvalue weighted by molar-refractivity contribution is 5.93. The number of rotatable bonds is 7. The van der Waals surface area contributed by atoms with Crippen molar-refractivity contribution in [3.8, 4) is 16.9 Å². The van der Waals surface area contributed by atoms with Gasteiger partial charge >= 0.3 is 5.97 Å². The van der Waals surface area contributed by atoms with Gasteiger partial charge in [0.1, 0.15) is 6.54 Å². The van der Waals surface area contributed by atoms with Crippen LogP contribution < -0.4 is 5.32 Å². The van der Waals surface area contributed by atoms with Gasteiger partial charge in [-0.1, -0.05) is 48.5 Å². The van der Waals surface area contributed by atoms with Crippen molar-refractivity contribution in [2.24, 2.45) is 0 Å². The van der Waals surface area contributed by atoms with Crippen molar-refractivity contribution in [3.63, 3.8) is 0 Å². The Balaban J connectivity index is 1.57. The van der Waals surface area contributed by atoms with Gasteiger partial charge in [-0.15, -0.1) is 0 Å². The molecular formula is C22H19N5O3. The van der Waals surface area contributed by atoms with Crippen LogP contribution in [0.2, 0.25) is 0 Å². The molecule has 0 spiro atoms. The van der Waals surface area contributed by atoms with Crippen molar-refractivity contribution in [2.75, 3.05) is 0 Å². The molecular weight excluding hydrogens is 382 g/mol. The van der Waals surface area contributed by atoms with Gasteiger partial charge in [0.05, 0.1) is 23.1 Å². The maximum absolute atomic E-state index is 12.5. The van der Waals surface area contributed by atoms with Gasteiger partial charge in [0.25, 0.3) is 5.91 Å². The lowest BCUT2D eigenvalue weighted by Gasteiger charge is -2.04. The van der Waals surface area contributed by atoms with Crippen LogP contribution in [0.4, 0.5) is 0 Å². The minimum absolute atomic E-state index is 0.264. The molecule has 0 aliphatic carbocycles. The van der Waals surface area contributed by atoms with E-state index in [0.717, 1.165) is 22.5 Å². The van der Waals surface area contributed by atoms with Crippen LogP contribution in [0.25, 0.3) is 16.9 Å². The third kappa shape index (κ3) is 4.27. The fourth-order valence-corrected chi connectivity index (χ4v) is 3.07. The second kappa shape index (κ2) is 8.44. The number of carbonyl (C=O) groups is 2. The summed E-state index contributed by atoms with van der Waals surface area (Å²) in [7, 11) is 0. The number of hydrogen-bond donors (Lipinski definition) is 2. The highest BCUT2D eigenvalue weighted by Crippen LogP contribution is 2.23. The van der Waals surface area contributed by atoms with Gasteiger partial charge in [-0.2, -0.15) is 10.2 Å². The van der Waals surface area contributed by atoms with E-state index in [1.165, 1.54) is 17.1 Å². The summed E-state index contributed by atoms with van der Waals surface area (Å²) in [6.07, 6.45) is 4.66. The molecule has 4 rings (SSSR count). The molecule has 2 aromatic carbocycles. The number of nitrogens with one attached hydrogen (secondary N) is 1. The SMILES string of the molecule is O=C(O)Cn1cc(C(=O)NCc2cn(-c3ccccc3)nc2-c2ccccc2)cn1. The number of aromatic nitrogens is 4. The lowest BCUT2D eigenvalue weighted by molar-refractivity contribution is -0.137. The predicted octanol–water partition coefficient (Wildman–Crippen LogP) is 2.75. The van der Waals surface area contributed by atoms with Crippen LogP contribution in [0.1, 0.15) is 15.9 Å². The number of carboxylic acids is 1. The lowest BCUT2D eigenvalue weighted by Crippen LogP contribution is -2.22. The second-order valence-electron chi connectivity index (χ2n) is 6.65. The van der Waals surface area contributed by atoms with Crippen molar-refractivity contribution >= 4 is 11.9 Å². The Morgan fingerprint density at radius 2 is 1.67 bits per heavy atom. The summed E-state index contributed by atoms with van der Waals surface area (Å²) in [5.41, 5.74) is 3.80. The number of hydrogen-bond acceptors (Lipinski definition) is 4. The summed E-state index contributed by atoms with van der Waals surface area (Å²) in [5, 5.41) is 20.3. The van der Waals surface area contributed by atoms with Crippen molar-refractivity contribution in [1.29, 1.82) is 0 Å². The average molecular weight is 401 g/mol. The fourth-order valence-electron chi connectivity index (χ4n) is 3.07. The molecule has 2 N–H and O–H groups in total. The smallest absolute Gasteiger partial charge is 0.325 e. The first-order valence-corrected chi connectivity index (χ1v) is 9.32. The number of amides is 1. The summed E-state index contributed by atoms with van der Waals surface area (Å²) in [6.45, 7) is -0.0325. The molecule has 0 saturated heterocycles. The van der Waals surface area contributed by atoms with Crippen LogP contribution in [0.15, 0.2) is 79.3 Å². The molecule has 2 heterocycles. The van der Waals surface area contributed by atoms with E-state index < -0.39 is 5.97 Å². The highest BCUT2D eigenvalue weighted by Gasteiger charge is 2.15. The minimum atomic E-state index is -1.02.